The van der Waals surface area contributed by atoms with Crippen LogP contribution in [0, 0.1) is 11.3 Å². The second kappa shape index (κ2) is 7.67. The van der Waals surface area contributed by atoms with Gasteiger partial charge in [0, 0.05) is 25.2 Å². The number of carbonyl (C=O) groups is 1. The lowest BCUT2D eigenvalue weighted by Gasteiger charge is -2.52. The molecule has 0 aromatic carbocycles. The van der Waals surface area contributed by atoms with Gasteiger partial charge < -0.3 is 19.4 Å². The van der Waals surface area contributed by atoms with E-state index in [9.17, 15) is 4.79 Å². The van der Waals surface area contributed by atoms with Gasteiger partial charge in [-0.1, -0.05) is 6.92 Å². The van der Waals surface area contributed by atoms with Crippen molar-refractivity contribution in [3.8, 4) is 0 Å². The smallest absolute Gasteiger partial charge is 0.409 e. The van der Waals surface area contributed by atoms with Gasteiger partial charge in [0.2, 0.25) is 0 Å². The minimum absolute atomic E-state index is 0.106. The molecule has 0 bridgehead atoms. The number of likely N-dealkylation sites (tertiary alicyclic amines) is 3. The average Bonchev–Trinajstić information content (AvgIpc) is 3.28. The molecule has 0 radical (unpaired) electrons. The molecule has 1 aliphatic carbocycles. The zero-order valence-corrected chi connectivity index (χ0v) is 16.8. The van der Waals surface area contributed by atoms with E-state index in [2.05, 4.69) is 16.7 Å². The van der Waals surface area contributed by atoms with Gasteiger partial charge in [-0.05, 0) is 89.4 Å². The van der Waals surface area contributed by atoms with Gasteiger partial charge in [-0.3, -0.25) is 0 Å². The minimum atomic E-state index is -0.106. The molecule has 5 nitrogen and oxygen atoms in total. The van der Waals surface area contributed by atoms with Gasteiger partial charge in [0.25, 0.3) is 0 Å². The van der Waals surface area contributed by atoms with Gasteiger partial charge >= 0.3 is 6.09 Å². The van der Waals surface area contributed by atoms with Gasteiger partial charge in [0.05, 0.1) is 6.61 Å². The molecule has 1 unspecified atom stereocenters. The molecule has 3 aliphatic heterocycles. The molecule has 4 fully saturated rings. The van der Waals surface area contributed by atoms with Crippen molar-refractivity contribution in [1.82, 2.24) is 14.7 Å². The maximum Gasteiger partial charge on any atom is 0.409 e. The molecule has 0 aromatic rings. The number of hydrogen-bond acceptors (Lipinski definition) is 4. The predicted molar refractivity (Wildman–Crippen MR) is 103 cm³/mol. The monoisotopic (exact) mass is 363 g/mol. The Balaban J connectivity index is 1.22. The highest BCUT2D eigenvalue weighted by Gasteiger charge is 2.51. The highest BCUT2D eigenvalue weighted by atomic mass is 16.6. The van der Waals surface area contributed by atoms with Crippen LogP contribution < -0.4 is 0 Å². The molecular formula is C21H37N3O2. The Morgan fingerprint density at radius 2 is 1.85 bits per heavy atom. The van der Waals surface area contributed by atoms with Crippen molar-refractivity contribution in [1.29, 1.82) is 0 Å². The molecule has 1 spiro atoms. The van der Waals surface area contributed by atoms with E-state index >= 15 is 0 Å². The molecule has 1 saturated carbocycles. The maximum absolute atomic E-state index is 12.0. The summed E-state index contributed by atoms with van der Waals surface area (Å²) in [5.74, 6) is 0.925. The van der Waals surface area contributed by atoms with Crippen LogP contribution in [0.25, 0.3) is 0 Å². The summed E-state index contributed by atoms with van der Waals surface area (Å²) in [7, 11) is 0. The molecular weight excluding hydrogens is 326 g/mol. The van der Waals surface area contributed by atoms with Crippen molar-refractivity contribution in [2.45, 2.75) is 70.9 Å². The van der Waals surface area contributed by atoms with Crippen molar-refractivity contribution in [3.63, 3.8) is 0 Å². The van der Waals surface area contributed by atoms with Crippen molar-refractivity contribution in [2.75, 3.05) is 45.9 Å². The van der Waals surface area contributed by atoms with E-state index in [1.807, 2.05) is 11.8 Å². The number of rotatable bonds is 4. The zero-order valence-electron chi connectivity index (χ0n) is 16.8. The Bertz CT molecular complexity index is 497. The highest BCUT2D eigenvalue weighted by Crippen LogP contribution is 2.51. The van der Waals surface area contributed by atoms with Crippen LogP contribution in [0.1, 0.15) is 58.8 Å². The van der Waals surface area contributed by atoms with Crippen molar-refractivity contribution < 1.29 is 9.53 Å². The number of nitrogens with zero attached hydrogens (tertiary/aromatic N) is 3. The SMILES string of the molecule is CCOC(=O)N1CCC2(CC(N3CCC(C4CCCN4CC)CC3)C2)C1. The Morgan fingerprint density at radius 3 is 2.54 bits per heavy atom. The van der Waals surface area contributed by atoms with E-state index in [0.717, 1.165) is 31.1 Å². The van der Waals surface area contributed by atoms with Crippen LogP contribution in [-0.2, 0) is 4.74 Å². The first kappa shape index (κ1) is 18.5. The Kier molecular flexibility index (Phi) is 5.47. The summed E-state index contributed by atoms with van der Waals surface area (Å²) in [5, 5.41) is 0. The molecule has 148 valence electrons. The highest BCUT2D eigenvalue weighted by molar-refractivity contribution is 5.68. The predicted octanol–water partition coefficient (Wildman–Crippen LogP) is 3.19. The molecule has 1 amide bonds. The first-order valence-electron chi connectivity index (χ1n) is 11.0. The van der Waals surface area contributed by atoms with E-state index in [-0.39, 0.29) is 6.09 Å². The van der Waals surface area contributed by atoms with Crippen LogP contribution in [0.5, 0.6) is 0 Å². The molecule has 5 heteroatoms. The van der Waals surface area contributed by atoms with Crippen LogP contribution in [0.4, 0.5) is 4.79 Å². The van der Waals surface area contributed by atoms with E-state index in [0.29, 0.717) is 12.0 Å². The van der Waals surface area contributed by atoms with E-state index in [1.54, 1.807) is 0 Å². The van der Waals surface area contributed by atoms with Gasteiger partial charge in [0.1, 0.15) is 0 Å². The van der Waals surface area contributed by atoms with Crippen LogP contribution in [0.2, 0.25) is 0 Å². The van der Waals surface area contributed by atoms with E-state index < -0.39 is 0 Å². The topological polar surface area (TPSA) is 36.0 Å². The lowest BCUT2D eigenvalue weighted by atomic mass is 9.64. The van der Waals surface area contributed by atoms with E-state index in [4.69, 9.17) is 4.74 Å². The summed E-state index contributed by atoms with van der Waals surface area (Å²) >= 11 is 0. The standard InChI is InChI=1S/C21H37N3O2/c1-3-22-10-5-6-19(22)17-7-11-23(12-8-17)18-14-21(15-18)9-13-24(16-21)20(25)26-4-2/h17-19H,3-16H2,1-2H3. The third-order valence-electron chi connectivity index (χ3n) is 7.76. The number of piperidine rings is 1. The van der Waals surface area contributed by atoms with Crippen molar-refractivity contribution >= 4 is 6.09 Å². The fourth-order valence-electron chi connectivity index (χ4n) is 6.28. The summed E-state index contributed by atoms with van der Waals surface area (Å²) < 4.78 is 5.18. The van der Waals surface area contributed by atoms with Crippen molar-refractivity contribution in [3.05, 3.63) is 0 Å². The normalized spacial score (nSPS) is 36.6. The Labute approximate surface area is 159 Å². The number of amides is 1. The summed E-state index contributed by atoms with van der Waals surface area (Å²) in [6.07, 6.45) is 9.25. The maximum atomic E-state index is 12.0. The lowest BCUT2D eigenvalue weighted by Crippen LogP contribution is -2.55. The zero-order chi connectivity index (χ0) is 18.1. The lowest BCUT2D eigenvalue weighted by molar-refractivity contribution is -0.0156. The third kappa shape index (κ3) is 3.49. The summed E-state index contributed by atoms with van der Waals surface area (Å²) in [6.45, 7) is 11.6. The van der Waals surface area contributed by atoms with Crippen LogP contribution in [0.3, 0.4) is 0 Å². The second-order valence-corrected chi connectivity index (χ2v) is 9.14. The number of ether oxygens (including phenoxy) is 1. The fraction of sp³-hybridized carbons (Fsp3) is 0.952. The quantitative estimate of drug-likeness (QED) is 0.768. The van der Waals surface area contributed by atoms with Gasteiger partial charge in [-0.25, -0.2) is 4.79 Å². The van der Waals surface area contributed by atoms with Gasteiger partial charge in [0.15, 0.2) is 0 Å². The summed E-state index contributed by atoms with van der Waals surface area (Å²) in [5.41, 5.74) is 0.402. The number of hydrogen-bond donors (Lipinski definition) is 0. The van der Waals surface area contributed by atoms with Crippen molar-refractivity contribution in [2.24, 2.45) is 11.3 Å². The Morgan fingerprint density at radius 1 is 1.08 bits per heavy atom. The first-order chi connectivity index (χ1) is 12.6. The van der Waals surface area contributed by atoms with Gasteiger partial charge in [-0.15, -0.1) is 0 Å². The summed E-state index contributed by atoms with van der Waals surface area (Å²) in [4.78, 5) is 19.4. The molecule has 0 N–H and O–H groups in total. The van der Waals surface area contributed by atoms with Gasteiger partial charge in [-0.2, -0.15) is 0 Å². The second-order valence-electron chi connectivity index (χ2n) is 9.14. The molecule has 3 heterocycles. The van der Waals surface area contributed by atoms with Crippen LogP contribution >= 0.6 is 0 Å². The van der Waals surface area contributed by atoms with Crippen LogP contribution in [-0.4, -0.2) is 78.8 Å². The Hall–Kier alpha value is -0.810. The van der Waals surface area contributed by atoms with E-state index in [1.165, 1.54) is 71.1 Å². The molecule has 1 atom stereocenters. The minimum Gasteiger partial charge on any atom is -0.450 e. The number of carbonyl (C=O) groups excluding carboxylic acids is 1. The largest absolute Gasteiger partial charge is 0.450 e. The molecule has 26 heavy (non-hydrogen) atoms. The summed E-state index contributed by atoms with van der Waals surface area (Å²) in [6, 6.07) is 1.63. The van der Waals surface area contributed by atoms with Crippen LogP contribution in [0.15, 0.2) is 0 Å². The third-order valence-corrected chi connectivity index (χ3v) is 7.76. The average molecular weight is 364 g/mol. The molecule has 4 aliphatic rings. The first-order valence-corrected chi connectivity index (χ1v) is 11.0. The molecule has 4 rings (SSSR count). The fourth-order valence-corrected chi connectivity index (χ4v) is 6.28. The molecule has 3 saturated heterocycles. The molecule has 0 aromatic heterocycles.